The summed E-state index contributed by atoms with van der Waals surface area (Å²) in [5, 5.41) is 2.96. The first-order chi connectivity index (χ1) is 12.7. The minimum atomic E-state index is -0.145. The Morgan fingerprint density at radius 1 is 1.19 bits per heavy atom. The lowest BCUT2D eigenvalue weighted by Gasteiger charge is -2.23. The van der Waals surface area contributed by atoms with Gasteiger partial charge in [-0.15, -0.1) is 0 Å². The second kappa shape index (κ2) is 8.84. The average molecular weight is 370 g/mol. The zero-order valence-electron chi connectivity index (χ0n) is 17.0. The highest BCUT2D eigenvalue weighted by Gasteiger charge is 2.20. The van der Waals surface area contributed by atoms with Gasteiger partial charge in [-0.3, -0.25) is 9.59 Å². The van der Waals surface area contributed by atoms with Gasteiger partial charge in [0, 0.05) is 44.5 Å². The van der Waals surface area contributed by atoms with Crippen LogP contribution in [0.3, 0.4) is 0 Å². The van der Waals surface area contributed by atoms with E-state index < -0.39 is 0 Å². The second-order valence-electron chi connectivity index (χ2n) is 7.71. The van der Waals surface area contributed by atoms with Crippen molar-refractivity contribution in [3.63, 3.8) is 0 Å². The normalized spacial score (nSPS) is 11.3. The summed E-state index contributed by atoms with van der Waals surface area (Å²) in [5.41, 5.74) is 1.82. The third kappa shape index (κ3) is 5.67. The lowest BCUT2D eigenvalue weighted by molar-refractivity contribution is -0.133. The highest BCUT2D eigenvalue weighted by molar-refractivity contribution is 5.94. The predicted molar refractivity (Wildman–Crippen MR) is 107 cm³/mol. The molecule has 0 saturated heterocycles. The molecule has 0 saturated carbocycles. The Bertz CT molecular complexity index is 789. The fourth-order valence-corrected chi connectivity index (χ4v) is 2.93. The number of aromatic nitrogens is 2. The van der Waals surface area contributed by atoms with Crippen molar-refractivity contribution in [3.05, 3.63) is 48.0 Å². The van der Waals surface area contributed by atoms with E-state index in [9.17, 15) is 9.59 Å². The topological polar surface area (TPSA) is 67.2 Å². The minimum Gasteiger partial charge on any atom is -0.337 e. The molecule has 0 aliphatic carbocycles. The van der Waals surface area contributed by atoms with E-state index in [-0.39, 0.29) is 30.1 Å². The number of imidazole rings is 1. The van der Waals surface area contributed by atoms with Gasteiger partial charge in [-0.05, 0) is 24.0 Å². The number of hydrogen-bond acceptors (Lipinski definition) is 3. The first kappa shape index (κ1) is 20.7. The number of benzene rings is 1. The van der Waals surface area contributed by atoms with Crippen LogP contribution in [0.25, 0.3) is 0 Å². The van der Waals surface area contributed by atoms with Gasteiger partial charge < -0.3 is 14.8 Å². The van der Waals surface area contributed by atoms with Crippen LogP contribution in [-0.4, -0.2) is 32.8 Å². The van der Waals surface area contributed by atoms with E-state index in [0.29, 0.717) is 13.1 Å². The molecule has 0 unspecified atom stereocenters. The maximum atomic E-state index is 12.5. The monoisotopic (exact) mass is 370 g/mol. The number of aryl methyl sites for hydroxylation is 1. The van der Waals surface area contributed by atoms with Gasteiger partial charge in [0.15, 0.2) is 0 Å². The summed E-state index contributed by atoms with van der Waals surface area (Å²) in [6.07, 6.45) is 3.91. The Balaban J connectivity index is 1.93. The van der Waals surface area contributed by atoms with Crippen LogP contribution < -0.4 is 5.32 Å². The Kier molecular flexibility index (Phi) is 6.77. The summed E-state index contributed by atoms with van der Waals surface area (Å²) >= 11 is 0. The Morgan fingerprint density at radius 2 is 1.89 bits per heavy atom. The van der Waals surface area contributed by atoms with E-state index in [0.717, 1.165) is 17.1 Å². The molecule has 0 bridgehead atoms. The number of nitrogens with zero attached hydrogens (tertiary/aromatic N) is 3. The number of carbonyl (C=O) groups excluding carboxylic acids is 2. The van der Waals surface area contributed by atoms with Crippen LogP contribution in [0.2, 0.25) is 0 Å². The van der Waals surface area contributed by atoms with Crippen LogP contribution in [0, 0.1) is 0 Å². The van der Waals surface area contributed by atoms with E-state index in [4.69, 9.17) is 0 Å². The van der Waals surface area contributed by atoms with Gasteiger partial charge in [0.25, 0.3) is 0 Å². The third-order valence-electron chi connectivity index (χ3n) is 4.56. The molecule has 0 fully saturated rings. The quantitative estimate of drug-likeness (QED) is 0.811. The van der Waals surface area contributed by atoms with E-state index in [1.807, 2.05) is 49.0 Å². The van der Waals surface area contributed by atoms with Gasteiger partial charge in [0.05, 0.1) is 6.54 Å². The van der Waals surface area contributed by atoms with Gasteiger partial charge >= 0.3 is 0 Å². The molecule has 146 valence electrons. The first-order valence-electron chi connectivity index (χ1n) is 9.35. The second-order valence-corrected chi connectivity index (χ2v) is 7.71. The van der Waals surface area contributed by atoms with E-state index in [1.165, 1.54) is 0 Å². The standard InChI is InChI=1S/C21H30N4O2/c1-6-25(15-18-22-13-14-24(18)5)20(27)12-11-19(26)23-17-10-8-7-9-16(17)21(2,3)4/h7-10,13-14H,6,11-12,15H2,1-5H3,(H,23,26). The smallest absolute Gasteiger partial charge is 0.224 e. The lowest BCUT2D eigenvalue weighted by Crippen LogP contribution is -2.32. The molecule has 1 aromatic carbocycles. The van der Waals surface area contributed by atoms with Gasteiger partial charge in [-0.25, -0.2) is 4.98 Å². The molecule has 27 heavy (non-hydrogen) atoms. The average Bonchev–Trinajstić information content (AvgIpc) is 3.02. The molecule has 1 heterocycles. The number of nitrogens with one attached hydrogen (secondary N) is 1. The number of rotatable bonds is 7. The molecule has 6 nitrogen and oxygen atoms in total. The number of anilines is 1. The van der Waals surface area contributed by atoms with Gasteiger partial charge in [0.2, 0.25) is 11.8 Å². The largest absolute Gasteiger partial charge is 0.337 e. The molecule has 2 rings (SSSR count). The highest BCUT2D eigenvalue weighted by Crippen LogP contribution is 2.29. The summed E-state index contributed by atoms with van der Waals surface area (Å²) in [5.74, 6) is 0.640. The molecule has 0 spiro atoms. The molecule has 2 aromatic rings. The van der Waals surface area contributed by atoms with Crippen LogP contribution in [0.4, 0.5) is 5.69 Å². The van der Waals surface area contributed by atoms with Crippen molar-refractivity contribution in [3.8, 4) is 0 Å². The molecule has 0 aliphatic rings. The van der Waals surface area contributed by atoms with Crippen LogP contribution in [0.1, 0.15) is 51.9 Å². The van der Waals surface area contributed by atoms with Crippen LogP contribution in [-0.2, 0) is 28.6 Å². The molecule has 2 amide bonds. The summed E-state index contributed by atoms with van der Waals surface area (Å²) in [6, 6.07) is 7.80. The fraction of sp³-hybridized carbons (Fsp3) is 0.476. The van der Waals surface area contributed by atoms with Crippen molar-refractivity contribution in [2.45, 2.75) is 52.5 Å². The Morgan fingerprint density at radius 3 is 2.48 bits per heavy atom. The SMILES string of the molecule is CCN(Cc1nccn1C)C(=O)CCC(=O)Nc1ccccc1C(C)(C)C. The van der Waals surface area contributed by atoms with Crippen molar-refractivity contribution in [1.29, 1.82) is 0 Å². The summed E-state index contributed by atoms with van der Waals surface area (Å²) in [6.45, 7) is 9.29. The molecule has 1 aromatic heterocycles. The molecular weight excluding hydrogens is 340 g/mol. The summed E-state index contributed by atoms with van der Waals surface area (Å²) in [7, 11) is 1.90. The Labute approximate surface area is 161 Å². The molecule has 0 radical (unpaired) electrons. The summed E-state index contributed by atoms with van der Waals surface area (Å²) in [4.78, 5) is 30.9. The van der Waals surface area contributed by atoms with Crippen LogP contribution in [0.5, 0.6) is 0 Å². The molecule has 1 N–H and O–H groups in total. The zero-order valence-corrected chi connectivity index (χ0v) is 17.0. The summed E-state index contributed by atoms with van der Waals surface area (Å²) < 4.78 is 1.89. The van der Waals surface area contributed by atoms with E-state index in [1.54, 1.807) is 11.1 Å². The maximum Gasteiger partial charge on any atom is 0.224 e. The number of hydrogen-bond donors (Lipinski definition) is 1. The Hall–Kier alpha value is -2.63. The lowest BCUT2D eigenvalue weighted by atomic mass is 9.86. The minimum absolute atomic E-state index is 0.0419. The molecule has 0 atom stereocenters. The zero-order chi connectivity index (χ0) is 20.0. The number of carbonyl (C=O) groups is 2. The van der Waals surface area contributed by atoms with Crippen molar-refractivity contribution in [2.24, 2.45) is 7.05 Å². The van der Waals surface area contributed by atoms with Crippen LogP contribution in [0.15, 0.2) is 36.7 Å². The molecule has 0 aliphatic heterocycles. The predicted octanol–water partition coefficient (Wildman–Crippen LogP) is 3.49. The van der Waals surface area contributed by atoms with Crippen molar-refractivity contribution in [1.82, 2.24) is 14.5 Å². The first-order valence-corrected chi connectivity index (χ1v) is 9.35. The van der Waals surface area contributed by atoms with Crippen LogP contribution >= 0.6 is 0 Å². The fourth-order valence-electron chi connectivity index (χ4n) is 2.93. The van der Waals surface area contributed by atoms with Gasteiger partial charge in [-0.2, -0.15) is 0 Å². The highest BCUT2D eigenvalue weighted by atomic mass is 16.2. The molecule has 6 heteroatoms. The maximum absolute atomic E-state index is 12.5. The number of para-hydroxylation sites is 1. The molecular formula is C21H30N4O2. The van der Waals surface area contributed by atoms with Gasteiger partial charge in [0.1, 0.15) is 5.82 Å². The van der Waals surface area contributed by atoms with Crippen molar-refractivity contribution in [2.75, 3.05) is 11.9 Å². The van der Waals surface area contributed by atoms with E-state index in [2.05, 4.69) is 31.1 Å². The number of amides is 2. The third-order valence-corrected chi connectivity index (χ3v) is 4.56. The van der Waals surface area contributed by atoms with Crippen molar-refractivity contribution >= 4 is 17.5 Å². The van der Waals surface area contributed by atoms with Crippen molar-refractivity contribution < 1.29 is 9.59 Å². The van der Waals surface area contributed by atoms with E-state index >= 15 is 0 Å². The van der Waals surface area contributed by atoms with Gasteiger partial charge in [-0.1, -0.05) is 39.0 Å².